The molecule has 0 amide bonds. The van der Waals surface area contributed by atoms with E-state index in [1.807, 2.05) is 12.1 Å². The third-order valence-electron chi connectivity index (χ3n) is 5.30. The van der Waals surface area contributed by atoms with Crippen LogP contribution in [0.1, 0.15) is 37.9 Å². The molecule has 2 atom stereocenters. The standard InChI is InChI=1S/C23H27NO/c1-17-14-15-24(19(3)21-8-6-5-7-9-21)23(18(17)2)16-20-10-12-22(25-4)13-11-20/h5-15,19,23H,16H2,1-4H3/t19-,23-/m1/s1. The van der Waals surface area contributed by atoms with Gasteiger partial charge < -0.3 is 9.64 Å². The molecule has 0 unspecified atom stereocenters. The lowest BCUT2D eigenvalue weighted by Gasteiger charge is -2.40. The van der Waals surface area contributed by atoms with Crippen molar-refractivity contribution in [1.29, 1.82) is 0 Å². The van der Waals surface area contributed by atoms with Crippen LogP contribution in [0.5, 0.6) is 5.75 Å². The van der Waals surface area contributed by atoms with Gasteiger partial charge in [0.1, 0.15) is 5.75 Å². The summed E-state index contributed by atoms with van der Waals surface area (Å²) in [6.45, 7) is 6.75. The molecule has 0 aliphatic carbocycles. The molecule has 2 heteroatoms. The van der Waals surface area contributed by atoms with E-state index in [4.69, 9.17) is 4.74 Å². The molecule has 0 fully saturated rings. The van der Waals surface area contributed by atoms with Crippen molar-refractivity contribution in [2.24, 2.45) is 0 Å². The van der Waals surface area contributed by atoms with Gasteiger partial charge in [-0.3, -0.25) is 0 Å². The van der Waals surface area contributed by atoms with E-state index in [0.717, 1.165) is 12.2 Å². The first-order valence-corrected chi connectivity index (χ1v) is 8.91. The Labute approximate surface area is 151 Å². The normalized spacial score (nSPS) is 18.4. The van der Waals surface area contributed by atoms with Gasteiger partial charge in [-0.1, -0.05) is 42.5 Å². The summed E-state index contributed by atoms with van der Waals surface area (Å²) in [5.41, 5.74) is 5.49. The van der Waals surface area contributed by atoms with Crippen LogP contribution in [0.25, 0.3) is 0 Å². The lowest BCUT2D eigenvalue weighted by Crippen LogP contribution is -2.37. The molecular weight excluding hydrogens is 306 g/mol. The zero-order valence-electron chi connectivity index (χ0n) is 15.6. The summed E-state index contributed by atoms with van der Waals surface area (Å²) in [5.74, 6) is 0.908. The highest BCUT2D eigenvalue weighted by molar-refractivity contribution is 5.35. The van der Waals surface area contributed by atoms with Crippen molar-refractivity contribution in [3.8, 4) is 5.75 Å². The van der Waals surface area contributed by atoms with Crippen molar-refractivity contribution >= 4 is 0 Å². The van der Waals surface area contributed by atoms with Gasteiger partial charge >= 0.3 is 0 Å². The Morgan fingerprint density at radius 2 is 1.68 bits per heavy atom. The van der Waals surface area contributed by atoms with Gasteiger partial charge in [-0.25, -0.2) is 0 Å². The maximum atomic E-state index is 5.28. The molecule has 3 rings (SSSR count). The molecule has 0 saturated carbocycles. The van der Waals surface area contributed by atoms with Crippen LogP contribution in [0, 0.1) is 0 Å². The molecule has 0 radical (unpaired) electrons. The van der Waals surface area contributed by atoms with E-state index in [2.05, 4.69) is 80.4 Å². The third-order valence-corrected chi connectivity index (χ3v) is 5.30. The Kier molecular flexibility index (Phi) is 5.28. The number of allylic oxidation sites excluding steroid dienone is 2. The second-order valence-electron chi connectivity index (χ2n) is 6.78. The summed E-state index contributed by atoms with van der Waals surface area (Å²) in [7, 11) is 1.71. The van der Waals surface area contributed by atoms with Crippen molar-refractivity contribution in [3.63, 3.8) is 0 Å². The molecule has 2 aromatic rings. The number of rotatable bonds is 5. The van der Waals surface area contributed by atoms with Gasteiger partial charge in [0.25, 0.3) is 0 Å². The van der Waals surface area contributed by atoms with E-state index in [9.17, 15) is 0 Å². The molecule has 1 aliphatic heterocycles. The summed E-state index contributed by atoms with van der Waals surface area (Å²) in [5, 5.41) is 0. The second kappa shape index (κ2) is 7.60. The van der Waals surface area contributed by atoms with Crippen LogP contribution in [-0.4, -0.2) is 18.1 Å². The zero-order chi connectivity index (χ0) is 17.8. The van der Waals surface area contributed by atoms with Crippen molar-refractivity contribution in [1.82, 2.24) is 4.90 Å². The van der Waals surface area contributed by atoms with Crippen molar-refractivity contribution in [3.05, 3.63) is 89.1 Å². The molecule has 25 heavy (non-hydrogen) atoms. The van der Waals surface area contributed by atoms with E-state index in [-0.39, 0.29) is 0 Å². The van der Waals surface area contributed by atoms with Crippen LogP contribution in [-0.2, 0) is 6.42 Å². The first kappa shape index (κ1) is 17.3. The Morgan fingerprint density at radius 3 is 2.32 bits per heavy atom. The number of hydrogen-bond acceptors (Lipinski definition) is 2. The first-order chi connectivity index (χ1) is 12.1. The molecule has 2 aromatic carbocycles. The zero-order valence-corrected chi connectivity index (χ0v) is 15.6. The molecule has 0 saturated heterocycles. The Hall–Kier alpha value is -2.48. The summed E-state index contributed by atoms with van der Waals surface area (Å²) in [6.07, 6.45) is 5.49. The van der Waals surface area contributed by atoms with Crippen LogP contribution in [0.2, 0.25) is 0 Å². The van der Waals surface area contributed by atoms with Gasteiger partial charge in [-0.05, 0) is 67.7 Å². The maximum absolute atomic E-state index is 5.28. The first-order valence-electron chi connectivity index (χ1n) is 8.91. The Bertz CT molecular complexity index is 758. The molecular formula is C23H27NO. The van der Waals surface area contributed by atoms with Crippen molar-refractivity contribution in [2.75, 3.05) is 7.11 Å². The van der Waals surface area contributed by atoms with Crippen molar-refractivity contribution < 1.29 is 4.74 Å². The number of hydrogen-bond donors (Lipinski definition) is 0. The predicted molar refractivity (Wildman–Crippen MR) is 105 cm³/mol. The predicted octanol–water partition coefficient (Wildman–Crippen LogP) is 5.53. The summed E-state index contributed by atoms with van der Waals surface area (Å²) in [4.78, 5) is 2.49. The van der Waals surface area contributed by atoms with Gasteiger partial charge in [0.05, 0.1) is 19.2 Å². The minimum absolute atomic E-state index is 0.337. The monoisotopic (exact) mass is 333 g/mol. The van der Waals surface area contributed by atoms with Gasteiger partial charge in [0.15, 0.2) is 0 Å². The molecule has 0 N–H and O–H groups in total. The lowest BCUT2D eigenvalue weighted by molar-refractivity contribution is 0.236. The Morgan fingerprint density at radius 1 is 1.00 bits per heavy atom. The van der Waals surface area contributed by atoms with E-state index in [0.29, 0.717) is 12.1 Å². The molecule has 0 aromatic heterocycles. The fraction of sp³-hybridized carbons (Fsp3) is 0.304. The molecule has 130 valence electrons. The molecule has 0 bridgehead atoms. The largest absolute Gasteiger partial charge is 0.497 e. The maximum Gasteiger partial charge on any atom is 0.118 e. The minimum Gasteiger partial charge on any atom is -0.497 e. The fourth-order valence-electron chi connectivity index (χ4n) is 3.47. The quantitative estimate of drug-likeness (QED) is 0.713. The Balaban J connectivity index is 1.87. The van der Waals surface area contributed by atoms with Crippen molar-refractivity contribution in [2.45, 2.75) is 39.3 Å². The third kappa shape index (κ3) is 3.79. The van der Waals surface area contributed by atoms with Gasteiger partial charge in [0, 0.05) is 6.20 Å². The second-order valence-corrected chi connectivity index (χ2v) is 6.78. The highest BCUT2D eigenvalue weighted by Crippen LogP contribution is 2.32. The van der Waals surface area contributed by atoms with Gasteiger partial charge in [-0.2, -0.15) is 0 Å². The van der Waals surface area contributed by atoms with Crippen LogP contribution < -0.4 is 4.74 Å². The SMILES string of the molecule is COc1ccc(C[C@@H]2C(C)=C(C)C=CN2[C@H](C)c2ccccc2)cc1. The summed E-state index contributed by atoms with van der Waals surface area (Å²) in [6, 6.07) is 19.9. The van der Waals surface area contributed by atoms with E-state index < -0.39 is 0 Å². The molecule has 0 spiro atoms. The molecule has 1 heterocycles. The van der Waals surface area contributed by atoms with Crippen LogP contribution >= 0.6 is 0 Å². The van der Waals surface area contributed by atoms with Crippen LogP contribution in [0.15, 0.2) is 78.0 Å². The number of nitrogens with zero attached hydrogens (tertiary/aromatic N) is 1. The minimum atomic E-state index is 0.337. The van der Waals surface area contributed by atoms with E-state index in [1.54, 1.807) is 7.11 Å². The number of methoxy groups -OCH3 is 1. The average Bonchev–Trinajstić information content (AvgIpc) is 2.66. The van der Waals surface area contributed by atoms with Crippen LogP contribution in [0.4, 0.5) is 0 Å². The van der Waals surface area contributed by atoms with Gasteiger partial charge in [-0.15, -0.1) is 0 Å². The summed E-state index contributed by atoms with van der Waals surface area (Å²) < 4.78 is 5.28. The highest BCUT2D eigenvalue weighted by atomic mass is 16.5. The molecule has 1 aliphatic rings. The number of benzene rings is 2. The number of ether oxygens (including phenoxy) is 1. The smallest absolute Gasteiger partial charge is 0.118 e. The average molecular weight is 333 g/mol. The van der Waals surface area contributed by atoms with E-state index in [1.165, 1.54) is 22.3 Å². The lowest BCUT2D eigenvalue weighted by atomic mass is 9.90. The topological polar surface area (TPSA) is 12.5 Å². The summed E-state index contributed by atoms with van der Waals surface area (Å²) >= 11 is 0. The molecule has 2 nitrogen and oxygen atoms in total. The van der Waals surface area contributed by atoms with Gasteiger partial charge in [0.2, 0.25) is 0 Å². The van der Waals surface area contributed by atoms with E-state index >= 15 is 0 Å². The fourth-order valence-corrected chi connectivity index (χ4v) is 3.47. The highest BCUT2D eigenvalue weighted by Gasteiger charge is 2.26. The van der Waals surface area contributed by atoms with Crippen LogP contribution in [0.3, 0.4) is 0 Å².